The molecule has 0 fully saturated rings. The smallest absolute Gasteiger partial charge is 0.404 e. The minimum atomic E-state index is -0.836. The number of primary amides is 2. The second-order valence-electron chi connectivity index (χ2n) is 4.50. The molecule has 0 saturated carbocycles. The third-order valence-corrected chi connectivity index (χ3v) is 2.84. The molecule has 0 spiro atoms. The van der Waals surface area contributed by atoms with Crippen molar-refractivity contribution in [3.63, 3.8) is 0 Å². The third-order valence-electron chi connectivity index (χ3n) is 2.84. The minimum absolute atomic E-state index is 0.0984. The van der Waals surface area contributed by atoms with E-state index < -0.39 is 12.2 Å². The van der Waals surface area contributed by atoms with Gasteiger partial charge in [0.25, 0.3) is 0 Å². The second-order valence-corrected chi connectivity index (χ2v) is 4.50. The van der Waals surface area contributed by atoms with Gasteiger partial charge in [0.05, 0.1) is 13.2 Å². The normalized spacial score (nSPS) is 10.2. The molecule has 0 aromatic heterocycles. The fourth-order valence-corrected chi connectivity index (χ4v) is 1.85. The number of hydrogen-bond donors (Lipinski definition) is 2. The van der Waals surface area contributed by atoms with Crippen molar-refractivity contribution in [3.05, 3.63) is 35.9 Å². The summed E-state index contributed by atoms with van der Waals surface area (Å²) >= 11 is 0. The number of ether oxygens (including phenoxy) is 2. The lowest BCUT2D eigenvalue weighted by molar-refractivity contribution is 0.0899. The monoisotopic (exact) mass is 280 g/mol. The van der Waals surface area contributed by atoms with E-state index in [9.17, 15) is 9.59 Å². The number of hydrogen-bond acceptors (Lipinski definition) is 4. The Morgan fingerprint density at radius 3 is 2.05 bits per heavy atom. The molecule has 1 aromatic rings. The molecule has 0 aliphatic rings. The molecule has 1 aromatic carbocycles. The summed E-state index contributed by atoms with van der Waals surface area (Å²) in [6, 6.07) is 10.0. The van der Waals surface area contributed by atoms with Crippen molar-refractivity contribution in [2.75, 3.05) is 13.2 Å². The summed E-state index contributed by atoms with van der Waals surface area (Å²) in [4.78, 5) is 21.2. The van der Waals surface area contributed by atoms with E-state index in [0.29, 0.717) is 0 Å². The van der Waals surface area contributed by atoms with Gasteiger partial charge in [0.15, 0.2) is 0 Å². The predicted octanol–water partition coefficient (Wildman–Crippen LogP) is 1.82. The van der Waals surface area contributed by atoms with Gasteiger partial charge in [0.2, 0.25) is 0 Å². The molecule has 0 atom stereocenters. The first kappa shape index (κ1) is 15.8. The molecule has 0 aliphatic carbocycles. The van der Waals surface area contributed by atoms with Crippen LogP contribution in [0, 0.1) is 5.92 Å². The van der Waals surface area contributed by atoms with E-state index in [2.05, 4.69) is 12.1 Å². The van der Waals surface area contributed by atoms with Crippen LogP contribution in [0.4, 0.5) is 9.59 Å². The van der Waals surface area contributed by atoms with Gasteiger partial charge in [-0.1, -0.05) is 30.3 Å². The Bertz CT molecular complexity index is 404. The zero-order chi connectivity index (χ0) is 14.8. The van der Waals surface area contributed by atoms with E-state index in [1.54, 1.807) is 0 Å². The summed E-state index contributed by atoms with van der Waals surface area (Å²) in [7, 11) is 0. The Morgan fingerprint density at radius 2 is 1.55 bits per heavy atom. The van der Waals surface area contributed by atoms with Gasteiger partial charge < -0.3 is 20.9 Å². The maximum atomic E-state index is 10.6. The van der Waals surface area contributed by atoms with Gasteiger partial charge >= 0.3 is 12.2 Å². The Balaban J connectivity index is 2.34. The van der Waals surface area contributed by atoms with E-state index in [-0.39, 0.29) is 19.1 Å². The van der Waals surface area contributed by atoms with Crippen LogP contribution in [0.25, 0.3) is 0 Å². The molecule has 0 heterocycles. The second kappa shape index (κ2) is 8.79. The predicted molar refractivity (Wildman–Crippen MR) is 73.9 cm³/mol. The maximum absolute atomic E-state index is 10.6. The van der Waals surface area contributed by atoms with Crippen LogP contribution in [-0.4, -0.2) is 25.4 Å². The number of benzene rings is 1. The highest BCUT2D eigenvalue weighted by atomic mass is 16.6. The summed E-state index contributed by atoms with van der Waals surface area (Å²) in [5, 5.41) is 0. The van der Waals surface area contributed by atoms with Crippen LogP contribution in [0.5, 0.6) is 0 Å². The van der Waals surface area contributed by atoms with E-state index in [4.69, 9.17) is 20.9 Å². The van der Waals surface area contributed by atoms with Gasteiger partial charge in [-0.3, -0.25) is 0 Å². The van der Waals surface area contributed by atoms with Crippen LogP contribution in [0.1, 0.15) is 18.4 Å². The summed E-state index contributed by atoms with van der Waals surface area (Å²) < 4.78 is 9.49. The van der Waals surface area contributed by atoms with Gasteiger partial charge in [-0.05, 0) is 24.8 Å². The average molecular weight is 280 g/mol. The van der Waals surface area contributed by atoms with Crippen LogP contribution >= 0.6 is 0 Å². The number of rotatable bonds is 8. The van der Waals surface area contributed by atoms with Crippen molar-refractivity contribution in [3.8, 4) is 0 Å². The molecule has 6 nitrogen and oxygen atoms in total. The highest BCUT2D eigenvalue weighted by molar-refractivity contribution is 5.65. The van der Waals surface area contributed by atoms with Crippen molar-refractivity contribution in [1.29, 1.82) is 0 Å². The Labute approximate surface area is 118 Å². The summed E-state index contributed by atoms with van der Waals surface area (Å²) in [6.07, 6.45) is 0.869. The topological polar surface area (TPSA) is 105 Å². The van der Waals surface area contributed by atoms with Gasteiger partial charge in [-0.25, -0.2) is 9.59 Å². The van der Waals surface area contributed by atoms with Crippen LogP contribution < -0.4 is 11.5 Å². The molecule has 4 N–H and O–H groups in total. The van der Waals surface area contributed by atoms with Crippen LogP contribution in [-0.2, 0) is 15.9 Å². The molecular weight excluding hydrogens is 260 g/mol. The first-order valence-corrected chi connectivity index (χ1v) is 6.46. The maximum Gasteiger partial charge on any atom is 0.404 e. The quantitative estimate of drug-likeness (QED) is 0.757. The van der Waals surface area contributed by atoms with E-state index in [0.717, 1.165) is 19.3 Å². The number of carbonyl (C=O) groups is 2. The molecule has 0 unspecified atom stereocenters. The molecule has 6 heteroatoms. The summed E-state index contributed by atoms with van der Waals surface area (Å²) in [6.45, 7) is 0.245. The molecule has 20 heavy (non-hydrogen) atoms. The average Bonchev–Trinajstić information content (AvgIpc) is 2.42. The largest absolute Gasteiger partial charge is 0.449 e. The minimum Gasteiger partial charge on any atom is -0.449 e. The number of carbonyl (C=O) groups excluding carboxylic acids is 2. The van der Waals surface area contributed by atoms with E-state index >= 15 is 0 Å². The molecule has 0 saturated heterocycles. The zero-order valence-electron chi connectivity index (χ0n) is 11.3. The molecule has 110 valence electrons. The SMILES string of the molecule is NC(=O)OCC(CCCc1ccccc1)COC(N)=O. The molecule has 0 radical (unpaired) electrons. The van der Waals surface area contributed by atoms with Crippen molar-refractivity contribution < 1.29 is 19.1 Å². The molecule has 1 rings (SSSR count). The molecule has 0 aliphatic heterocycles. The molecular formula is C14H20N2O4. The standard InChI is InChI=1S/C14H20N2O4/c15-13(17)19-9-12(10-20-14(16)18)8-4-7-11-5-2-1-3-6-11/h1-3,5-6,12H,4,7-10H2,(H2,15,17)(H2,16,18). The van der Waals surface area contributed by atoms with Crippen molar-refractivity contribution in [1.82, 2.24) is 0 Å². The van der Waals surface area contributed by atoms with Gasteiger partial charge in [0, 0.05) is 5.92 Å². The van der Waals surface area contributed by atoms with Crippen molar-refractivity contribution in [2.45, 2.75) is 19.3 Å². The zero-order valence-corrected chi connectivity index (χ0v) is 11.3. The number of aryl methyl sites for hydroxylation is 1. The van der Waals surface area contributed by atoms with Gasteiger partial charge in [0.1, 0.15) is 0 Å². The highest BCUT2D eigenvalue weighted by Crippen LogP contribution is 2.12. The van der Waals surface area contributed by atoms with Crippen LogP contribution in [0.3, 0.4) is 0 Å². The van der Waals surface area contributed by atoms with E-state index in [1.165, 1.54) is 5.56 Å². The van der Waals surface area contributed by atoms with Crippen molar-refractivity contribution in [2.24, 2.45) is 17.4 Å². The Kier molecular flexibility index (Phi) is 6.95. The lowest BCUT2D eigenvalue weighted by atomic mass is 10.0. The van der Waals surface area contributed by atoms with Gasteiger partial charge in [-0.2, -0.15) is 0 Å². The lowest BCUT2D eigenvalue weighted by Crippen LogP contribution is -2.25. The van der Waals surface area contributed by atoms with Crippen LogP contribution in [0.15, 0.2) is 30.3 Å². The summed E-state index contributed by atoms with van der Waals surface area (Å²) in [5.41, 5.74) is 11.1. The van der Waals surface area contributed by atoms with E-state index in [1.807, 2.05) is 18.2 Å². The Hall–Kier alpha value is -2.24. The van der Waals surface area contributed by atoms with Crippen molar-refractivity contribution >= 4 is 12.2 Å². The first-order valence-electron chi connectivity index (χ1n) is 6.46. The lowest BCUT2D eigenvalue weighted by Gasteiger charge is -2.15. The summed E-state index contributed by atoms with van der Waals surface area (Å²) in [5.74, 6) is -0.0984. The fraction of sp³-hybridized carbons (Fsp3) is 0.429. The number of nitrogens with two attached hydrogens (primary N) is 2. The highest BCUT2D eigenvalue weighted by Gasteiger charge is 2.13. The number of amides is 2. The third kappa shape index (κ3) is 7.25. The van der Waals surface area contributed by atoms with Crippen LogP contribution in [0.2, 0.25) is 0 Å². The fourth-order valence-electron chi connectivity index (χ4n) is 1.85. The first-order chi connectivity index (χ1) is 9.58. The van der Waals surface area contributed by atoms with Gasteiger partial charge in [-0.15, -0.1) is 0 Å². The Morgan fingerprint density at radius 1 is 1.00 bits per heavy atom. The molecule has 0 bridgehead atoms. The molecule has 2 amide bonds.